The van der Waals surface area contributed by atoms with Gasteiger partial charge in [0.1, 0.15) is 0 Å². The molecule has 0 saturated heterocycles. The molecule has 3 rings (SSSR count). The van der Waals surface area contributed by atoms with Crippen LogP contribution in [0.5, 0.6) is 0 Å². The van der Waals surface area contributed by atoms with Gasteiger partial charge in [-0.05, 0) is 22.8 Å². The first-order chi connectivity index (χ1) is 13.0. The molecule has 0 radical (unpaired) electrons. The lowest BCUT2D eigenvalue weighted by atomic mass is 9.74. The molecule has 0 saturated carbocycles. The summed E-state index contributed by atoms with van der Waals surface area (Å²) < 4.78 is 10.1. The summed E-state index contributed by atoms with van der Waals surface area (Å²) in [5.74, 6) is 4.97. The highest BCUT2D eigenvalue weighted by atomic mass is 16.5. The van der Waals surface area contributed by atoms with Crippen molar-refractivity contribution in [2.24, 2.45) is 5.41 Å². The molecule has 4 nitrogen and oxygen atoms in total. The van der Waals surface area contributed by atoms with Gasteiger partial charge < -0.3 is 9.47 Å². The topological polar surface area (TPSA) is 52.6 Å². The minimum atomic E-state index is -1.50. The van der Waals surface area contributed by atoms with Crippen molar-refractivity contribution < 1.29 is 19.1 Å². The summed E-state index contributed by atoms with van der Waals surface area (Å²) in [4.78, 5) is 25.7. The van der Waals surface area contributed by atoms with Crippen molar-refractivity contribution in [2.45, 2.75) is 12.8 Å². The van der Waals surface area contributed by atoms with Gasteiger partial charge in [-0.15, -0.1) is 0 Å². The quantitative estimate of drug-likeness (QED) is 0.469. The third-order valence-corrected chi connectivity index (χ3v) is 4.84. The minimum absolute atomic E-state index is 0.136. The Hall–Kier alpha value is -3.32. The molecule has 4 heteroatoms. The number of fused-ring (bicyclic) bond motifs is 2. The number of hydrogen-bond donors (Lipinski definition) is 0. The summed E-state index contributed by atoms with van der Waals surface area (Å²) in [6, 6.07) is 14.9. The molecule has 1 aliphatic carbocycles. The lowest BCUT2D eigenvalue weighted by Crippen LogP contribution is -2.45. The molecule has 27 heavy (non-hydrogen) atoms. The zero-order chi connectivity index (χ0) is 19.4. The van der Waals surface area contributed by atoms with E-state index in [1.807, 2.05) is 48.5 Å². The molecule has 0 amide bonds. The number of allylic oxidation sites excluding steroid dienone is 1. The van der Waals surface area contributed by atoms with Crippen molar-refractivity contribution in [3.63, 3.8) is 0 Å². The average molecular weight is 360 g/mol. The van der Waals surface area contributed by atoms with Crippen LogP contribution >= 0.6 is 0 Å². The van der Waals surface area contributed by atoms with E-state index < -0.39 is 17.4 Å². The Bertz CT molecular complexity index is 959. The largest absolute Gasteiger partial charge is 0.468 e. The molecule has 136 valence electrons. The van der Waals surface area contributed by atoms with Crippen LogP contribution in [-0.2, 0) is 31.9 Å². The number of rotatable bonds is 2. The van der Waals surface area contributed by atoms with Crippen LogP contribution in [0.1, 0.15) is 22.3 Å². The fraction of sp³-hybridized carbons (Fsp3) is 0.217. The number of esters is 2. The van der Waals surface area contributed by atoms with Crippen LogP contribution in [0.3, 0.4) is 0 Å². The molecule has 0 heterocycles. The first-order valence-corrected chi connectivity index (χ1v) is 8.56. The summed E-state index contributed by atoms with van der Waals surface area (Å²) >= 11 is 0. The molecule has 0 aliphatic heterocycles. The molecule has 0 unspecified atom stereocenters. The Labute approximate surface area is 158 Å². The van der Waals surface area contributed by atoms with Gasteiger partial charge in [0.15, 0.2) is 5.41 Å². The second-order valence-corrected chi connectivity index (χ2v) is 6.46. The van der Waals surface area contributed by atoms with Gasteiger partial charge in [-0.1, -0.05) is 60.9 Å². The van der Waals surface area contributed by atoms with Gasteiger partial charge in [-0.25, -0.2) is 0 Å². The Balaban J connectivity index is 2.31. The maximum Gasteiger partial charge on any atom is 0.323 e. The SMILES string of the molecule is C=C1C#Cc2ccccc2CC(C(=O)OC)(C(=O)OC)Cc2ccccc21. The van der Waals surface area contributed by atoms with Gasteiger partial charge in [0, 0.05) is 24.0 Å². The van der Waals surface area contributed by atoms with E-state index in [0.717, 1.165) is 22.3 Å². The van der Waals surface area contributed by atoms with Crippen LogP contribution in [0.2, 0.25) is 0 Å². The number of carbonyl (C=O) groups is 2. The third-order valence-electron chi connectivity index (χ3n) is 4.84. The first-order valence-electron chi connectivity index (χ1n) is 8.56. The van der Waals surface area contributed by atoms with Crippen LogP contribution in [0.4, 0.5) is 0 Å². The fourth-order valence-electron chi connectivity index (χ4n) is 3.45. The highest BCUT2D eigenvalue weighted by Gasteiger charge is 2.49. The van der Waals surface area contributed by atoms with Gasteiger partial charge in [0.25, 0.3) is 0 Å². The molecular formula is C23H20O4. The van der Waals surface area contributed by atoms with Crippen molar-refractivity contribution in [3.05, 3.63) is 77.4 Å². The predicted octanol–water partition coefficient (Wildman–Crippen LogP) is 3.18. The van der Waals surface area contributed by atoms with Gasteiger partial charge in [-0.2, -0.15) is 0 Å². The van der Waals surface area contributed by atoms with Crippen LogP contribution < -0.4 is 0 Å². The highest BCUT2D eigenvalue weighted by Crippen LogP contribution is 2.35. The summed E-state index contributed by atoms with van der Waals surface area (Å²) in [5, 5.41) is 0. The van der Waals surface area contributed by atoms with Gasteiger partial charge in [-0.3, -0.25) is 9.59 Å². The van der Waals surface area contributed by atoms with E-state index in [-0.39, 0.29) is 12.8 Å². The van der Waals surface area contributed by atoms with Gasteiger partial charge >= 0.3 is 11.9 Å². The lowest BCUT2D eigenvalue weighted by Gasteiger charge is -2.30. The summed E-state index contributed by atoms with van der Waals surface area (Å²) in [6.07, 6.45) is 0.273. The zero-order valence-electron chi connectivity index (χ0n) is 15.4. The van der Waals surface area contributed by atoms with Crippen LogP contribution in [0.25, 0.3) is 5.57 Å². The standard InChI is InChI=1S/C23H20O4/c1-16-12-13-17-8-4-5-9-18(17)14-23(21(24)26-2,22(25)27-3)15-19-10-6-7-11-20(16)19/h4-11H,1,14-15H2,2-3H3. The van der Waals surface area contributed by atoms with E-state index in [4.69, 9.17) is 9.47 Å². The summed E-state index contributed by atoms with van der Waals surface area (Å²) in [7, 11) is 2.56. The second kappa shape index (κ2) is 7.51. The van der Waals surface area contributed by atoms with E-state index in [1.165, 1.54) is 14.2 Å². The second-order valence-electron chi connectivity index (χ2n) is 6.46. The molecule has 2 aromatic rings. The number of ether oxygens (including phenoxy) is 2. The normalized spacial score (nSPS) is 14.7. The monoisotopic (exact) mass is 360 g/mol. The molecule has 0 bridgehead atoms. The van der Waals surface area contributed by atoms with Gasteiger partial charge in [0.05, 0.1) is 14.2 Å². The average Bonchev–Trinajstić information content (AvgIpc) is 2.71. The Morgan fingerprint density at radius 3 is 2.11 bits per heavy atom. The minimum Gasteiger partial charge on any atom is -0.468 e. The van der Waals surface area contributed by atoms with Crippen molar-refractivity contribution >= 4 is 17.5 Å². The lowest BCUT2D eigenvalue weighted by molar-refractivity contribution is -0.169. The molecule has 0 fully saturated rings. The van der Waals surface area contributed by atoms with Crippen molar-refractivity contribution in [2.75, 3.05) is 14.2 Å². The van der Waals surface area contributed by atoms with Crippen molar-refractivity contribution in [3.8, 4) is 11.8 Å². The van der Waals surface area contributed by atoms with Crippen LogP contribution in [0.15, 0.2) is 55.1 Å². The first kappa shape index (κ1) is 18.5. The maximum absolute atomic E-state index is 12.9. The molecule has 0 N–H and O–H groups in total. The smallest absolute Gasteiger partial charge is 0.323 e. The van der Waals surface area contributed by atoms with Crippen LogP contribution in [0, 0.1) is 17.3 Å². The number of benzene rings is 2. The van der Waals surface area contributed by atoms with E-state index >= 15 is 0 Å². The third kappa shape index (κ3) is 3.37. The molecule has 0 atom stereocenters. The van der Waals surface area contributed by atoms with E-state index in [0.29, 0.717) is 5.57 Å². The van der Waals surface area contributed by atoms with E-state index in [1.54, 1.807) is 0 Å². The molecule has 0 spiro atoms. The molecular weight excluding hydrogens is 340 g/mol. The summed E-state index contributed by atoms with van der Waals surface area (Å²) in [5.41, 5.74) is 2.26. The number of hydrogen-bond acceptors (Lipinski definition) is 4. The van der Waals surface area contributed by atoms with E-state index in [9.17, 15) is 9.59 Å². The van der Waals surface area contributed by atoms with Gasteiger partial charge in [0.2, 0.25) is 0 Å². The van der Waals surface area contributed by atoms with E-state index in [2.05, 4.69) is 18.4 Å². The summed E-state index contributed by atoms with van der Waals surface area (Å²) in [6.45, 7) is 4.07. The molecule has 2 aromatic carbocycles. The van der Waals surface area contributed by atoms with Crippen molar-refractivity contribution in [1.82, 2.24) is 0 Å². The van der Waals surface area contributed by atoms with Crippen molar-refractivity contribution in [1.29, 1.82) is 0 Å². The molecule has 1 aliphatic rings. The fourth-order valence-corrected chi connectivity index (χ4v) is 3.45. The molecule has 0 aromatic heterocycles. The Kier molecular flexibility index (Phi) is 5.14. The van der Waals surface area contributed by atoms with Crippen LogP contribution in [-0.4, -0.2) is 26.2 Å². The Morgan fingerprint density at radius 1 is 0.889 bits per heavy atom. The zero-order valence-corrected chi connectivity index (χ0v) is 15.4. The maximum atomic E-state index is 12.9. The number of methoxy groups -OCH3 is 2. The number of carbonyl (C=O) groups excluding carboxylic acids is 2. The Morgan fingerprint density at radius 2 is 1.44 bits per heavy atom. The highest BCUT2D eigenvalue weighted by molar-refractivity contribution is 6.01. The predicted molar refractivity (Wildman–Crippen MR) is 103 cm³/mol.